The second-order valence-electron chi connectivity index (χ2n) is 8.41. The molecule has 2 amide bonds. The fraction of sp³-hybridized carbons (Fsp3) is 0.625. The Morgan fingerprint density at radius 3 is 2.42 bits per heavy atom. The van der Waals surface area contributed by atoms with Gasteiger partial charge in [0.2, 0.25) is 5.91 Å². The Morgan fingerprint density at radius 2 is 1.77 bits per heavy atom. The first-order valence-electron chi connectivity index (χ1n) is 11.7. The summed E-state index contributed by atoms with van der Waals surface area (Å²) in [6.45, 7) is 6.45. The molecule has 170 valence electrons. The molecule has 3 rings (SSSR count). The molecular weight excluding hydrogens is 396 g/mol. The smallest absolute Gasteiger partial charge is 0.309 e. The van der Waals surface area contributed by atoms with Gasteiger partial charge in [-0.3, -0.25) is 14.4 Å². The number of benzene rings is 1. The number of hydrogen-bond acceptors (Lipinski definition) is 5. The van der Waals surface area contributed by atoms with E-state index in [1.54, 1.807) is 12.1 Å². The molecule has 0 bridgehead atoms. The molecule has 1 N–H and O–H groups in total. The number of carbonyl (C=O) groups excluding carboxylic acids is 3. The van der Waals surface area contributed by atoms with Crippen LogP contribution in [0.15, 0.2) is 24.3 Å². The fourth-order valence-corrected chi connectivity index (χ4v) is 4.47. The summed E-state index contributed by atoms with van der Waals surface area (Å²) in [6.07, 6.45) is 6.19. The fourth-order valence-electron chi connectivity index (χ4n) is 4.47. The van der Waals surface area contributed by atoms with Crippen molar-refractivity contribution in [1.82, 2.24) is 0 Å². The van der Waals surface area contributed by atoms with Gasteiger partial charge in [0, 0.05) is 12.8 Å². The third kappa shape index (κ3) is 5.85. The Morgan fingerprint density at radius 1 is 1.06 bits per heavy atom. The molecule has 7 nitrogen and oxygen atoms in total. The Kier molecular flexibility index (Phi) is 8.46. The minimum atomic E-state index is -0.370. The third-order valence-electron chi connectivity index (χ3n) is 6.25. The zero-order chi connectivity index (χ0) is 22.2. The summed E-state index contributed by atoms with van der Waals surface area (Å²) in [5.41, 5.74) is 0.594. The van der Waals surface area contributed by atoms with Crippen LogP contribution in [0.25, 0.3) is 0 Å². The van der Waals surface area contributed by atoms with Gasteiger partial charge in [-0.2, -0.15) is 0 Å². The molecule has 0 radical (unpaired) electrons. The van der Waals surface area contributed by atoms with Crippen LogP contribution in [0.2, 0.25) is 0 Å². The zero-order valence-electron chi connectivity index (χ0n) is 18.7. The van der Waals surface area contributed by atoms with Gasteiger partial charge < -0.3 is 14.4 Å². The highest BCUT2D eigenvalue weighted by atomic mass is 16.5. The number of unbranched alkanes of at least 4 members (excludes halogenated alkanes) is 3. The largest absolute Gasteiger partial charge is 0.494 e. The molecule has 2 heterocycles. The normalized spacial score (nSPS) is 23.8. The lowest BCUT2D eigenvalue weighted by atomic mass is 9.95. The number of anilines is 1. The first kappa shape index (κ1) is 23.3. The van der Waals surface area contributed by atoms with Crippen LogP contribution in [0.5, 0.6) is 5.75 Å². The minimum absolute atomic E-state index is 0.0958. The average Bonchev–Trinajstić information content (AvgIpc) is 3.08. The molecule has 0 aliphatic carbocycles. The van der Waals surface area contributed by atoms with Crippen LogP contribution in [0.3, 0.4) is 0 Å². The van der Waals surface area contributed by atoms with E-state index in [1.807, 2.05) is 19.1 Å². The number of piperidine rings is 1. The maximum atomic E-state index is 13.1. The van der Waals surface area contributed by atoms with Gasteiger partial charge in [-0.1, -0.05) is 26.2 Å². The van der Waals surface area contributed by atoms with E-state index in [0.717, 1.165) is 23.5 Å². The molecule has 0 unspecified atom stereocenters. The quantitative estimate of drug-likeness (QED) is 0.349. The van der Waals surface area contributed by atoms with Gasteiger partial charge in [0.1, 0.15) is 5.75 Å². The van der Waals surface area contributed by atoms with Crippen molar-refractivity contribution in [2.24, 2.45) is 5.92 Å². The van der Waals surface area contributed by atoms with Gasteiger partial charge in [0.05, 0.1) is 44.3 Å². The molecule has 31 heavy (non-hydrogen) atoms. The number of nitrogens with one attached hydrogen (secondary N) is 1. The highest BCUT2D eigenvalue weighted by Gasteiger charge is 2.47. The molecule has 2 saturated heterocycles. The number of ether oxygens (including phenoxy) is 2. The van der Waals surface area contributed by atoms with E-state index in [9.17, 15) is 14.4 Å². The van der Waals surface area contributed by atoms with Gasteiger partial charge in [0.25, 0.3) is 5.91 Å². The van der Waals surface area contributed by atoms with Crippen molar-refractivity contribution >= 4 is 23.5 Å². The van der Waals surface area contributed by atoms with Crippen LogP contribution >= 0.6 is 0 Å². The van der Waals surface area contributed by atoms with Gasteiger partial charge >= 0.3 is 5.97 Å². The van der Waals surface area contributed by atoms with E-state index in [-0.39, 0.29) is 36.2 Å². The van der Waals surface area contributed by atoms with Crippen LogP contribution in [-0.2, 0) is 19.1 Å². The summed E-state index contributed by atoms with van der Waals surface area (Å²) in [7, 11) is 0. The molecule has 2 aliphatic heterocycles. The summed E-state index contributed by atoms with van der Waals surface area (Å²) in [4.78, 5) is 40.0. The first-order chi connectivity index (χ1) is 15.0. The van der Waals surface area contributed by atoms with Crippen molar-refractivity contribution in [3.8, 4) is 5.75 Å². The Labute approximate surface area is 184 Å². The first-order valence-corrected chi connectivity index (χ1v) is 11.7. The second kappa shape index (κ2) is 11.3. The number of quaternary nitrogens is 1. The zero-order valence-corrected chi connectivity index (χ0v) is 18.7. The van der Waals surface area contributed by atoms with E-state index >= 15 is 0 Å². The summed E-state index contributed by atoms with van der Waals surface area (Å²) >= 11 is 0. The lowest BCUT2D eigenvalue weighted by Crippen LogP contribution is -3.17. The Bertz CT molecular complexity index is 756. The summed E-state index contributed by atoms with van der Waals surface area (Å²) in [5.74, 6) is 0.194. The third-order valence-corrected chi connectivity index (χ3v) is 6.25. The molecule has 0 aromatic heterocycles. The number of likely N-dealkylation sites (tertiary alicyclic amines) is 1. The number of carbonyl (C=O) groups is 3. The summed E-state index contributed by atoms with van der Waals surface area (Å²) in [5, 5.41) is 0. The number of esters is 1. The van der Waals surface area contributed by atoms with E-state index in [1.165, 1.54) is 17.7 Å². The maximum absolute atomic E-state index is 13.1. The lowest BCUT2D eigenvalue weighted by Gasteiger charge is -2.31. The molecule has 2 fully saturated rings. The predicted octanol–water partition coefficient (Wildman–Crippen LogP) is 2.14. The molecule has 1 aromatic carbocycles. The van der Waals surface area contributed by atoms with Crippen LogP contribution in [0.1, 0.15) is 58.8 Å². The van der Waals surface area contributed by atoms with Crippen molar-refractivity contribution in [3.05, 3.63) is 24.3 Å². The average molecular weight is 432 g/mol. The number of amides is 2. The molecular formula is C24H35N2O5+. The highest BCUT2D eigenvalue weighted by molar-refractivity contribution is 6.21. The van der Waals surface area contributed by atoms with Crippen LogP contribution < -0.4 is 14.5 Å². The van der Waals surface area contributed by atoms with Crippen molar-refractivity contribution in [2.45, 2.75) is 64.8 Å². The van der Waals surface area contributed by atoms with Crippen molar-refractivity contribution < 1.29 is 28.8 Å². The Hall–Kier alpha value is -2.41. The van der Waals surface area contributed by atoms with Crippen LogP contribution in [0.4, 0.5) is 5.69 Å². The second-order valence-corrected chi connectivity index (χ2v) is 8.41. The minimum Gasteiger partial charge on any atom is -0.494 e. The molecule has 1 atom stereocenters. The maximum Gasteiger partial charge on any atom is 0.309 e. The topological polar surface area (TPSA) is 77.3 Å². The summed E-state index contributed by atoms with van der Waals surface area (Å²) < 4.78 is 10.9. The molecule has 7 heteroatoms. The van der Waals surface area contributed by atoms with E-state index in [4.69, 9.17) is 9.47 Å². The number of hydrogen-bond donors (Lipinski definition) is 1. The molecule has 0 saturated carbocycles. The summed E-state index contributed by atoms with van der Waals surface area (Å²) in [6, 6.07) is 6.83. The van der Waals surface area contributed by atoms with Crippen molar-refractivity contribution in [1.29, 1.82) is 0 Å². The number of rotatable bonds is 10. The standard InChI is InChI=1S/C24H34N2O5/c1-3-5-6-7-16-31-20-10-8-19(9-11-20)26-22(27)17-21(23(26)28)25-14-12-18(13-15-25)24(29)30-4-2/h8-11,18,21H,3-7,12-17H2,1-2H3/p+1/t21-/m1/s1. The van der Waals surface area contributed by atoms with E-state index < -0.39 is 0 Å². The highest BCUT2D eigenvalue weighted by Crippen LogP contribution is 2.25. The number of imide groups is 1. The van der Waals surface area contributed by atoms with Crippen molar-refractivity contribution in [3.63, 3.8) is 0 Å². The lowest BCUT2D eigenvalue weighted by molar-refractivity contribution is -0.920. The van der Waals surface area contributed by atoms with Crippen LogP contribution in [0, 0.1) is 5.92 Å². The SMILES string of the molecule is CCCCCCOc1ccc(N2C(=O)C[C@@H]([NH+]3CCC(C(=O)OCC)CC3)C2=O)cc1. The molecule has 2 aliphatic rings. The van der Waals surface area contributed by atoms with Crippen molar-refractivity contribution in [2.75, 3.05) is 31.2 Å². The van der Waals surface area contributed by atoms with E-state index in [0.29, 0.717) is 44.8 Å². The molecule has 0 spiro atoms. The Balaban J connectivity index is 1.54. The van der Waals surface area contributed by atoms with Gasteiger partial charge in [-0.05, 0) is 37.6 Å². The molecule has 1 aromatic rings. The van der Waals surface area contributed by atoms with Gasteiger partial charge in [0.15, 0.2) is 6.04 Å². The van der Waals surface area contributed by atoms with Crippen LogP contribution in [-0.4, -0.2) is 50.1 Å². The number of nitrogens with zero attached hydrogens (tertiary/aromatic N) is 1. The van der Waals surface area contributed by atoms with Gasteiger partial charge in [-0.15, -0.1) is 0 Å². The van der Waals surface area contributed by atoms with E-state index in [2.05, 4.69) is 6.92 Å². The monoisotopic (exact) mass is 431 g/mol. The predicted molar refractivity (Wildman–Crippen MR) is 117 cm³/mol. The van der Waals surface area contributed by atoms with Gasteiger partial charge in [-0.25, -0.2) is 4.90 Å².